The van der Waals surface area contributed by atoms with Gasteiger partial charge in [-0.1, -0.05) is 0 Å². The lowest BCUT2D eigenvalue weighted by Crippen LogP contribution is -2.49. The summed E-state index contributed by atoms with van der Waals surface area (Å²) < 4.78 is 10.9. The van der Waals surface area contributed by atoms with Gasteiger partial charge >= 0.3 is 0 Å². The molecule has 0 aliphatic carbocycles. The van der Waals surface area contributed by atoms with Gasteiger partial charge in [0, 0.05) is 13.1 Å². The summed E-state index contributed by atoms with van der Waals surface area (Å²) in [7, 11) is 0. The molecular formula is C11H21NO3. The molecule has 0 N–H and O–H groups in total. The van der Waals surface area contributed by atoms with Crippen molar-refractivity contribution in [3.8, 4) is 0 Å². The first kappa shape index (κ1) is 12.5. The van der Waals surface area contributed by atoms with Gasteiger partial charge < -0.3 is 14.4 Å². The maximum absolute atomic E-state index is 11.7. The third kappa shape index (κ3) is 4.18. The highest BCUT2D eigenvalue weighted by molar-refractivity contribution is 5.77. The lowest BCUT2D eigenvalue weighted by atomic mass is 10.2. The molecule has 1 saturated heterocycles. The van der Waals surface area contributed by atoms with Gasteiger partial charge in [0.05, 0.1) is 18.3 Å². The van der Waals surface area contributed by atoms with Gasteiger partial charge in [-0.2, -0.15) is 0 Å². The van der Waals surface area contributed by atoms with Crippen LogP contribution >= 0.6 is 0 Å². The smallest absolute Gasteiger partial charge is 0.248 e. The Morgan fingerprint density at radius 3 is 2.40 bits per heavy atom. The quantitative estimate of drug-likeness (QED) is 0.706. The van der Waals surface area contributed by atoms with Gasteiger partial charge in [0.2, 0.25) is 5.91 Å². The molecule has 0 bridgehead atoms. The number of amides is 1. The predicted octanol–water partition coefficient (Wildman–Crippen LogP) is 1.05. The van der Waals surface area contributed by atoms with Crippen molar-refractivity contribution in [3.05, 3.63) is 0 Å². The summed E-state index contributed by atoms with van der Waals surface area (Å²) in [5, 5.41) is 0. The van der Waals surface area contributed by atoms with Crippen LogP contribution in [-0.2, 0) is 14.3 Å². The highest BCUT2D eigenvalue weighted by atomic mass is 16.5. The summed E-state index contributed by atoms with van der Waals surface area (Å²) in [4.78, 5) is 13.6. The first-order valence-electron chi connectivity index (χ1n) is 5.54. The van der Waals surface area contributed by atoms with E-state index in [0.29, 0.717) is 13.1 Å². The topological polar surface area (TPSA) is 38.8 Å². The van der Waals surface area contributed by atoms with E-state index in [1.54, 1.807) is 0 Å². The van der Waals surface area contributed by atoms with Crippen LogP contribution < -0.4 is 0 Å². The predicted molar refractivity (Wildman–Crippen MR) is 57.7 cm³/mol. The fourth-order valence-corrected chi connectivity index (χ4v) is 1.71. The summed E-state index contributed by atoms with van der Waals surface area (Å²) in [6.45, 7) is 9.35. The number of rotatable bonds is 3. The number of ether oxygens (including phenoxy) is 2. The van der Waals surface area contributed by atoms with E-state index in [0.717, 1.165) is 0 Å². The Morgan fingerprint density at radius 2 is 1.93 bits per heavy atom. The first-order valence-corrected chi connectivity index (χ1v) is 5.54. The largest absolute Gasteiger partial charge is 0.372 e. The van der Waals surface area contributed by atoms with Crippen LogP contribution in [0, 0.1) is 0 Å². The monoisotopic (exact) mass is 215 g/mol. The highest BCUT2D eigenvalue weighted by Crippen LogP contribution is 2.10. The molecule has 4 heteroatoms. The highest BCUT2D eigenvalue weighted by Gasteiger charge is 2.25. The van der Waals surface area contributed by atoms with Gasteiger partial charge in [-0.15, -0.1) is 0 Å². The number of carbonyl (C=O) groups excluding carboxylic acids is 1. The zero-order chi connectivity index (χ0) is 11.4. The Bertz CT molecular complexity index is 208. The zero-order valence-electron chi connectivity index (χ0n) is 10.0. The number of hydrogen-bond donors (Lipinski definition) is 0. The molecule has 0 aromatic rings. The molecule has 0 aromatic heterocycles. The van der Waals surface area contributed by atoms with Gasteiger partial charge in [-0.25, -0.2) is 0 Å². The van der Waals surface area contributed by atoms with Crippen molar-refractivity contribution in [1.82, 2.24) is 4.90 Å². The molecule has 4 nitrogen and oxygen atoms in total. The second-order valence-corrected chi connectivity index (χ2v) is 4.42. The summed E-state index contributed by atoms with van der Waals surface area (Å²) in [5.74, 6) is 0.0608. The molecule has 1 aliphatic heterocycles. The Kier molecular flexibility index (Phi) is 4.54. The third-order valence-electron chi connectivity index (χ3n) is 2.31. The van der Waals surface area contributed by atoms with Crippen molar-refractivity contribution >= 4 is 5.91 Å². The van der Waals surface area contributed by atoms with Crippen molar-refractivity contribution in [2.75, 3.05) is 19.7 Å². The normalized spacial score (nSPS) is 27.1. The Balaban J connectivity index is 2.38. The van der Waals surface area contributed by atoms with E-state index >= 15 is 0 Å². The standard InChI is InChI=1S/C11H21NO3/c1-8(2)14-7-11(13)12-5-9(3)15-10(4)6-12/h8-10H,5-7H2,1-4H3/t9-,10+. The Morgan fingerprint density at radius 1 is 1.40 bits per heavy atom. The van der Waals surface area contributed by atoms with Crippen LogP contribution in [0.1, 0.15) is 27.7 Å². The molecule has 1 amide bonds. The summed E-state index contributed by atoms with van der Waals surface area (Å²) in [6, 6.07) is 0. The Hall–Kier alpha value is -0.610. The van der Waals surface area contributed by atoms with Crippen molar-refractivity contribution in [2.24, 2.45) is 0 Å². The van der Waals surface area contributed by atoms with Gasteiger partial charge in [-0.05, 0) is 27.7 Å². The van der Waals surface area contributed by atoms with Crippen LogP contribution in [0.2, 0.25) is 0 Å². The van der Waals surface area contributed by atoms with E-state index in [2.05, 4.69) is 0 Å². The van der Waals surface area contributed by atoms with Crippen LogP contribution in [0.3, 0.4) is 0 Å². The van der Waals surface area contributed by atoms with E-state index in [1.165, 1.54) is 0 Å². The molecule has 1 rings (SSSR count). The molecule has 0 aromatic carbocycles. The first-order chi connectivity index (χ1) is 6.99. The minimum Gasteiger partial charge on any atom is -0.372 e. The fourth-order valence-electron chi connectivity index (χ4n) is 1.71. The number of nitrogens with zero attached hydrogens (tertiary/aromatic N) is 1. The fraction of sp³-hybridized carbons (Fsp3) is 0.909. The summed E-state index contributed by atoms with van der Waals surface area (Å²) in [5.41, 5.74) is 0. The van der Waals surface area contributed by atoms with E-state index in [4.69, 9.17) is 9.47 Å². The Labute approximate surface area is 91.5 Å². The van der Waals surface area contributed by atoms with Crippen LogP contribution in [-0.4, -0.2) is 48.8 Å². The maximum atomic E-state index is 11.7. The van der Waals surface area contributed by atoms with E-state index in [9.17, 15) is 4.79 Å². The van der Waals surface area contributed by atoms with Crippen LogP contribution in [0.15, 0.2) is 0 Å². The molecule has 0 saturated carbocycles. The van der Waals surface area contributed by atoms with Gasteiger partial charge in [0.1, 0.15) is 6.61 Å². The number of morpholine rings is 1. The molecule has 15 heavy (non-hydrogen) atoms. The molecular weight excluding hydrogens is 194 g/mol. The van der Waals surface area contributed by atoms with Crippen molar-refractivity contribution in [1.29, 1.82) is 0 Å². The molecule has 88 valence electrons. The van der Waals surface area contributed by atoms with Crippen molar-refractivity contribution in [2.45, 2.75) is 46.0 Å². The lowest BCUT2D eigenvalue weighted by molar-refractivity contribution is -0.149. The van der Waals surface area contributed by atoms with Gasteiger partial charge in [0.25, 0.3) is 0 Å². The molecule has 0 spiro atoms. The van der Waals surface area contributed by atoms with Crippen LogP contribution in [0.4, 0.5) is 0 Å². The summed E-state index contributed by atoms with van der Waals surface area (Å²) in [6.07, 6.45) is 0.346. The molecule has 2 atom stereocenters. The minimum absolute atomic E-state index is 0.0608. The van der Waals surface area contributed by atoms with Gasteiger partial charge in [-0.3, -0.25) is 4.79 Å². The minimum atomic E-state index is 0.0608. The average molecular weight is 215 g/mol. The molecule has 1 fully saturated rings. The number of hydrogen-bond acceptors (Lipinski definition) is 3. The lowest BCUT2D eigenvalue weighted by Gasteiger charge is -2.35. The molecule has 1 aliphatic rings. The van der Waals surface area contributed by atoms with Crippen LogP contribution in [0.5, 0.6) is 0 Å². The molecule has 1 heterocycles. The van der Waals surface area contributed by atoms with Crippen molar-refractivity contribution < 1.29 is 14.3 Å². The SMILES string of the molecule is CC(C)OCC(=O)N1C[C@@H](C)O[C@@H](C)C1. The van der Waals surface area contributed by atoms with Crippen molar-refractivity contribution in [3.63, 3.8) is 0 Å². The van der Waals surface area contributed by atoms with E-state index in [-0.39, 0.29) is 30.8 Å². The average Bonchev–Trinajstić information content (AvgIpc) is 2.12. The molecule has 0 radical (unpaired) electrons. The van der Waals surface area contributed by atoms with E-state index in [1.807, 2.05) is 32.6 Å². The summed E-state index contributed by atoms with van der Waals surface area (Å²) >= 11 is 0. The molecule has 0 unspecified atom stereocenters. The van der Waals surface area contributed by atoms with Gasteiger partial charge in [0.15, 0.2) is 0 Å². The maximum Gasteiger partial charge on any atom is 0.248 e. The second-order valence-electron chi connectivity index (χ2n) is 4.42. The van der Waals surface area contributed by atoms with E-state index < -0.39 is 0 Å². The second kappa shape index (κ2) is 5.47. The zero-order valence-corrected chi connectivity index (χ0v) is 10.0. The third-order valence-corrected chi connectivity index (χ3v) is 2.31. The number of carbonyl (C=O) groups is 1. The van der Waals surface area contributed by atoms with Crippen LogP contribution in [0.25, 0.3) is 0 Å².